The van der Waals surface area contributed by atoms with Crippen molar-refractivity contribution in [2.45, 2.75) is 31.3 Å². The SMILES string of the molecule is COc1ccc(Cl)cc1C(O)c1cccc(C2CCC2)c1. The maximum absolute atomic E-state index is 10.7. The first-order valence-electron chi connectivity index (χ1n) is 7.30. The van der Waals surface area contributed by atoms with E-state index in [1.807, 2.05) is 12.1 Å². The van der Waals surface area contributed by atoms with Gasteiger partial charge < -0.3 is 9.84 Å². The third kappa shape index (κ3) is 2.92. The van der Waals surface area contributed by atoms with Crippen LogP contribution in [-0.2, 0) is 0 Å². The Balaban J connectivity index is 1.94. The monoisotopic (exact) mass is 302 g/mol. The largest absolute Gasteiger partial charge is 0.496 e. The summed E-state index contributed by atoms with van der Waals surface area (Å²) in [4.78, 5) is 0. The molecule has 0 aliphatic heterocycles. The molecule has 0 saturated heterocycles. The Morgan fingerprint density at radius 2 is 2.00 bits per heavy atom. The minimum atomic E-state index is -0.723. The highest BCUT2D eigenvalue weighted by molar-refractivity contribution is 6.30. The molecule has 1 aliphatic rings. The second-order valence-electron chi connectivity index (χ2n) is 5.59. The smallest absolute Gasteiger partial charge is 0.125 e. The van der Waals surface area contributed by atoms with Crippen LogP contribution in [0.2, 0.25) is 5.02 Å². The number of methoxy groups -OCH3 is 1. The van der Waals surface area contributed by atoms with E-state index in [2.05, 4.69) is 12.1 Å². The quantitative estimate of drug-likeness (QED) is 0.887. The zero-order chi connectivity index (χ0) is 14.8. The highest BCUT2D eigenvalue weighted by Crippen LogP contribution is 2.38. The topological polar surface area (TPSA) is 29.5 Å². The molecule has 3 rings (SSSR count). The van der Waals surface area contributed by atoms with E-state index in [4.69, 9.17) is 16.3 Å². The Labute approximate surface area is 130 Å². The standard InChI is InChI=1S/C18H19ClO2/c1-21-17-9-8-15(19)11-16(17)18(20)14-7-3-6-13(10-14)12-4-2-5-12/h3,6-12,18,20H,2,4-5H2,1H3. The summed E-state index contributed by atoms with van der Waals surface area (Å²) in [5.41, 5.74) is 2.91. The number of benzene rings is 2. The number of rotatable bonds is 4. The van der Waals surface area contributed by atoms with Gasteiger partial charge in [-0.2, -0.15) is 0 Å². The summed E-state index contributed by atoms with van der Waals surface area (Å²) in [6.45, 7) is 0. The van der Waals surface area contributed by atoms with Gasteiger partial charge in [-0.3, -0.25) is 0 Å². The van der Waals surface area contributed by atoms with Crippen molar-refractivity contribution in [1.29, 1.82) is 0 Å². The van der Waals surface area contributed by atoms with E-state index in [0.717, 1.165) is 5.56 Å². The van der Waals surface area contributed by atoms with E-state index in [9.17, 15) is 5.11 Å². The summed E-state index contributed by atoms with van der Waals surface area (Å²) in [7, 11) is 1.60. The van der Waals surface area contributed by atoms with Gasteiger partial charge >= 0.3 is 0 Å². The highest BCUT2D eigenvalue weighted by Gasteiger charge is 2.21. The van der Waals surface area contributed by atoms with E-state index in [-0.39, 0.29) is 0 Å². The molecule has 1 fully saturated rings. The van der Waals surface area contributed by atoms with Gasteiger partial charge in [0, 0.05) is 10.6 Å². The van der Waals surface area contributed by atoms with Crippen LogP contribution in [-0.4, -0.2) is 12.2 Å². The van der Waals surface area contributed by atoms with Gasteiger partial charge in [0.15, 0.2) is 0 Å². The van der Waals surface area contributed by atoms with Crippen molar-refractivity contribution >= 4 is 11.6 Å². The summed E-state index contributed by atoms with van der Waals surface area (Å²) >= 11 is 6.05. The van der Waals surface area contributed by atoms with E-state index in [0.29, 0.717) is 22.3 Å². The van der Waals surface area contributed by atoms with Crippen molar-refractivity contribution in [2.24, 2.45) is 0 Å². The first-order chi connectivity index (χ1) is 10.2. The molecule has 0 bridgehead atoms. The molecule has 0 amide bonds. The van der Waals surface area contributed by atoms with E-state index in [1.165, 1.54) is 24.8 Å². The van der Waals surface area contributed by atoms with E-state index in [1.54, 1.807) is 25.3 Å². The van der Waals surface area contributed by atoms with Crippen LogP contribution in [0.3, 0.4) is 0 Å². The molecule has 2 aromatic carbocycles. The van der Waals surface area contributed by atoms with E-state index < -0.39 is 6.10 Å². The van der Waals surface area contributed by atoms with Crippen LogP contribution in [0.1, 0.15) is 48.0 Å². The lowest BCUT2D eigenvalue weighted by Gasteiger charge is -2.26. The van der Waals surface area contributed by atoms with Crippen LogP contribution in [0, 0.1) is 0 Å². The van der Waals surface area contributed by atoms with Gasteiger partial charge in [0.1, 0.15) is 11.9 Å². The molecular formula is C18H19ClO2. The average molecular weight is 303 g/mol. The molecule has 1 unspecified atom stereocenters. The van der Waals surface area contributed by atoms with Gasteiger partial charge in [-0.25, -0.2) is 0 Å². The fourth-order valence-electron chi connectivity index (χ4n) is 2.82. The molecule has 0 radical (unpaired) electrons. The molecule has 21 heavy (non-hydrogen) atoms. The summed E-state index contributed by atoms with van der Waals surface area (Å²) in [5, 5.41) is 11.3. The fourth-order valence-corrected chi connectivity index (χ4v) is 3.00. The van der Waals surface area contributed by atoms with Crippen molar-refractivity contribution < 1.29 is 9.84 Å². The third-order valence-electron chi connectivity index (χ3n) is 4.29. The third-order valence-corrected chi connectivity index (χ3v) is 4.52. The number of aliphatic hydroxyl groups is 1. The van der Waals surface area contributed by atoms with Crippen LogP contribution in [0.4, 0.5) is 0 Å². The zero-order valence-electron chi connectivity index (χ0n) is 12.1. The Hall–Kier alpha value is -1.51. The van der Waals surface area contributed by atoms with Gasteiger partial charge in [0.25, 0.3) is 0 Å². The Morgan fingerprint density at radius 3 is 2.67 bits per heavy atom. The lowest BCUT2D eigenvalue weighted by molar-refractivity contribution is 0.214. The molecule has 0 heterocycles. The van der Waals surface area contributed by atoms with Gasteiger partial charge in [0.2, 0.25) is 0 Å². The molecule has 3 heteroatoms. The lowest BCUT2D eigenvalue weighted by Crippen LogP contribution is -2.10. The van der Waals surface area contributed by atoms with Crippen LogP contribution < -0.4 is 4.74 Å². The predicted octanol–water partition coefficient (Wildman–Crippen LogP) is 4.70. The normalized spacial score (nSPS) is 16.3. The predicted molar refractivity (Wildman–Crippen MR) is 85.1 cm³/mol. The highest BCUT2D eigenvalue weighted by atomic mass is 35.5. The van der Waals surface area contributed by atoms with Crippen LogP contribution in [0.5, 0.6) is 5.75 Å². The fraction of sp³-hybridized carbons (Fsp3) is 0.333. The summed E-state index contributed by atoms with van der Waals surface area (Å²) in [6.07, 6.45) is 3.08. The first-order valence-corrected chi connectivity index (χ1v) is 7.68. The maximum atomic E-state index is 10.7. The lowest BCUT2D eigenvalue weighted by atomic mass is 9.79. The number of hydrogen-bond acceptors (Lipinski definition) is 2. The van der Waals surface area contributed by atoms with Crippen molar-refractivity contribution in [1.82, 2.24) is 0 Å². The van der Waals surface area contributed by atoms with Crippen LogP contribution in [0.15, 0.2) is 42.5 Å². The first kappa shape index (κ1) is 14.4. The van der Waals surface area contributed by atoms with Gasteiger partial charge in [-0.15, -0.1) is 0 Å². The Morgan fingerprint density at radius 1 is 1.19 bits per heavy atom. The molecule has 1 N–H and O–H groups in total. The molecule has 1 aliphatic carbocycles. The van der Waals surface area contributed by atoms with Gasteiger partial charge in [0.05, 0.1) is 7.11 Å². The molecule has 110 valence electrons. The molecule has 1 saturated carbocycles. The molecular weight excluding hydrogens is 284 g/mol. The Bertz CT molecular complexity index is 635. The van der Waals surface area contributed by atoms with Crippen LogP contribution in [0.25, 0.3) is 0 Å². The second-order valence-corrected chi connectivity index (χ2v) is 6.02. The zero-order valence-corrected chi connectivity index (χ0v) is 12.8. The van der Waals surface area contributed by atoms with Crippen molar-refractivity contribution in [3.63, 3.8) is 0 Å². The summed E-state index contributed by atoms with van der Waals surface area (Å²) < 4.78 is 5.33. The molecule has 2 nitrogen and oxygen atoms in total. The molecule has 1 atom stereocenters. The van der Waals surface area contributed by atoms with Gasteiger partial charge in [-0.1, -0.05) is 42.3 Å². The molecule has 0 spiro atoms. The number of aliphatic hydroxyl groups excluding tert-OH is 1. The maximum Gasteiger partial charge on any atom is 0.125 e. The number of halogens is 1. The number of ether oxygens (including phenoxy) is 1. The van der Waals surface area contributed by atoms with Crippen molar-refractivity contribution in [2.75, 3.05) is 7.11 Å². The van der Waals surface area contributed by atoms with Gasteiger partial charge in [-0.05, 0) is 48.1 Å². The minimum Gasteiger partial charge on any atom is -0.496 e. The van der Waals surface area contributed by atoms with E-state index >= 15 is 0 Å². The van der Waals surface area contributed by atoms with Crippen LogP contribution >= 0.6 is 11.6 Å². The van der Waals surface area contributed by atoms with Crippen molar-refractivity contribution in [3.8, 4) is 5.75 Å². The minimum absolute atomic E-state index is 0.597. The molecule has 0 aromatic heterocycles. The van der Waals surface area contributed by atoms with Crippen molar-refractivity contribution in [3.05, 3.63) is 64.2 Å². The Kier molecular flexibility index (Phi) is 4.18. The summed E-state index contributed by atoms with van der Waals surface area (Å²) in [6, 6.07) is 13.5. The molecule has 2 aromatic rings. The number of hydrogen-bond donors (Lipinski definition) is 1. The average Bonchev–Trinajstić information content (AvgIpc) is 2.45. The second kappa shape index (κ2) is 6.08. The summed E-state index contributed by atoms with van der Waals surface area (Å²) in [5.74, 6) is 1.30.